The van der Waals surface area contributed by atoms with Gasteiger partial charge in [-0.05, 0) is 18.6 Å². The number of alkyl halides is 2. The van der Waals surface area contributed by atoms with Gasteiger partial charge < -0.3 is 4.90 Å². The molecule has 0 radical (unpaired) electrons. The summed E-state index contributed by atoms with van der Waals surface area (Å²) in [6, 6.07) is 5.70. The van der Waals surface area contributed by atoms with E-state index < -0.39 is 18.1 Å². The summed E-state index contributed by atoms with van der Waals surface area (Å²) in [6.45, 7) is 8.00. The van der Waals surface area contributed by atoms with Crippen LogP contribution in [0.5, 0.6) is 0 Å². The van der Waals surface area contributed by atoms with Crippen molar-refractivity contribution in [3.8, 4) is 0 Å². The molecule has 0 N–H and O–H groups in total. The highest BCUT2D eigenvalue weighted by Gasteiger charge is 2.40. The lowest BCUT2D eigenvalue weighted by Crippen LogP contribution is -2.27. The zero-order valence-electron chi connectivity index (χ0n) is 18.3. The smallest absolute Gasteiger partial charge is 0.266 e. The van der Waals surface area contributed by atoms with Gasteiger partial charge in [-0.1, -0.05) is 49.7 Å². The number of benzene rings is 1. The minimum absolute atomic E-state index is 0.206. The van der Waals surface area contributed by atoms with E-state index in [2.05, 4.69) is 25.5 Å². The fourth-order valence-electron chi connectivity index (χ4n) is 3.74. The maximum Gasteiger partial charge on any atom is 0.266 e. The topological polar surface area (TPSA) is 84.5 Å². The molecule has 168 valence electrons. The normalized spacial score (nSPS) is 19.2. The summed E-state index contributed by atoms with van der Waals surface area (Å²) in [5.41, 5.74) is 1.76. The molecule has 2 aromatic heterocycles. The third-order valence-corrected chi connectivity index (χ3v) is 6.16. The van der Waals surface area contributed by atoms with E-state index in [0.29, 0.717) is 34.4 Å². The van der Waals surface area contributed by atoms with Crippen LogP contribution in [-0.2, 0) is 17.6 Å². The molecule has 0 aliphatic carbocycles. The van der Waals surface area contributed by atoms with Gasteiger partial charge in [0.25, 0.3) is 5.92 Å². The highest BCUT2D eigenvalue weighted by molar-refractivity contribution is 6.31. The molecule has 0 spiro atoms. The lowest BCUT2D eigenvalue weighted by molar-refractivity contribution is 0.0257. The van der Waals surface area contributed by atoms with E-state index in [4.69, 9.17) is 16.6 Å². The Balaban J connectivity index is 1.55. The van der Waals surface area contributed by atoms with E-state index in [9.17, 15) is 8.78 Å². The SMILES string of the molecule is CC(C)(C)c1nc(N2CCC(F)(F)C2)c2nnn(Cc3ccc(C4(C)N=N4)cc3Cl)c2n1. The van der Waals surface area contributed by atoms with Crippen molar-refractivity contribution in [1.29, 1.82) is 0 Å². The molecule has 0 atom stereocenters. The number of hydrogen-bond donors (Lipinski definition) is 0. The summed E-state index contributed by atoms with van der Waals surface area (Å²) in [5.74, 6) is -1.80. The Morgan fingerprint density at radius 3 is 2.50 bits per heavy atom. The average Bonchev–Trinajstić information content (AvgIpc) is 3.17. The molecule has 5 rings (SSSR count). The average molecular weight is 461 g/mol. The molecule has 11 heteroatoms. The second-order valence-corrected chi connectivity index (χ2v) is 10.0. The van der Waals surface area contributed by atoms with Crippen LogP contribution in [0, 0.1) is 0 Å². The number of hydrogen-bond acceptors (Lipinski definition) is 7. The van der Waals surface area contributed by atoms with Crippen molar-refractivity contribution >= 4 is 28.6 Å². The first kappa shape index (κ1) is 21.1. The highest BCUT2D eigenvalue weighted by Crippen LogP contribution is 2.40. The van der Waals surface area contributed by atoms with Gasteiger partial charge in [0, 0.05) is 29.0 Å². The molecule has 4 heterocycles. The minimum atomic E-state index is -2.75. The van der Waals surface area contributed by atoms with E-state index >= 15 is 0 Å². The fraction of sp³-hybridized carbons (Fsp3) is 0.524. The van der Waals surface area contributed by atoms with Crippen molar-refractivity contribution in [3.63, 3.8) is 0 Å². The Morgan fingerprint density at radius 2 is 1.91 bits per heavy atom. The third-order valence-electron chi connectivity index (χ3n) is 5.80. The number of fused-ring (bicyclic) bond motifs is 1. The van der Waals surface area contributed by atoms with Crippen molar-refractivity contribution in [2.24, 2.45) is 10.2 Å². The van der Waals surface area contributed by atoms with E-state index in [1.807, 2.05) is 45.9 Å². The molecule has 1 saturated heterocycles. The molecular formula is C21H23ClF2N8. The molecule has 1 fully saturated rings. The number of aromatic nitrogens is 5. The van der Waals surface area contributed by atoms with Crippen LogP contribution in [0.3, 0.4) is 0 Å². The number of anilines is 1. The monoisotopic (exact) mass is 460 g/mol. The molecule has 3 aromatic rings. The van der Waals surface area contributed by atoms with E-state index in [0.717, 1.165) is 11.1 Å². The molecule has 8 nitrogen and oxygen atoms in total. The van der Waals surface area contributed by atoms with Crippen molar-refractivity contribution < 1.29 is 8.78 Å². The van der Waals surface area contributed by atoms with Gasteiger partial charge in [-0.3, -0.25) is 0 Å². The molecule has 0 amide bonds. The highest BCUT2D eigenvalue weighted by atomic mass is 35.5. The van der Waals surface area contributed by atoms with Crippen LogP contribution in [0.15, 0.2) is 28.4 Å². The Kier molecular flexibility index (Phi) is 4.53. The van der Waals surface area contributed by atoms with Gasteiger partial charge in [-0.2, -0.15) is 10.2 Å². The first-order chi connectivity index (χ1) is 15.0. The first-order valence-corrected chi connectivity index (χ1v) is 10.8. The van der Waals surface area contributed by atoms with Crippen molar-refractivity contribution in [1.82, 2.24) is 25.0 Å². The summed E-state index contributed by atoms with van der Waals surface area (Å²) in [4.78, 5) is 10.9. The van der Waals surface area contributed by atoms with E-state index in [-0.39, 0.29) is 18.4 Å². The predicted octanol–water partition coefficient (Wildman–Crippen LogP) is 4.70. The molecular weight excluding hydrogens is 438 g/mol. The van der Waals surface area contributed by atoms with Crippen LogP contribution in [0.2, 0.25) is 5.02 Å². The second kappa shape index (κ2) is 6.87. The molecule has 0 bridgehead atoms. The van der Waals surface area contributed by atoms with Crippen LogP contribution in [0.25, 0.3) is 11.2 Å². The van der Waals surface area contributed by atoms with Crippen LogP contribution < -0.4 is 4.90 Å². The lowest BCUT2D eigenvalue weighted by Gasteiger charge is -2.22. The molecule has 0 saturated carbocycles. The zero-order chi connectivity index (χ0) is 22.9. The van der Waals surface area contributed by atoms with Crippen LogP contribution in [0.1, 0.15) is 51.1 Å². The van der Waals surface area contributed by atoms with Gasteiger partial charge >= 0.3 is 0 Å². The van der Waals surface area contributed by atoms with Gasteiger partial charge in [-0.15, -0.1) is 5.10 Å². The summed E-state index contributed by atoms with van der Waals surface area (Å²) in [6.07, 6.45) is -0.211. The lowest BCUT2D eigenvalue weighted by atomic mass is 9.96. The Bertz CT molecular complexity index is 1240. The van der Waals surface area contributed by atoms with E-state index in [1.165, 1.54) is 0 Å². The van der Waals surface area contributed by atoms with Gasteiger partial charge in [0.2, 0.25) is 5.66 Å². The van der Waals surface area contributed by atoms with Crippen LogP contribution in [-0.4, -0.2) is 44.0 Å². The van der Waals surface area contributed by atoms with Crippen LogP contribution >= 0.6 is 11.6 Å². The second-order valence-electron chi connectivity index (χ2n) is 9.59. The quantitative estimate of drug-likeness (QED) is 0.563. The van der Waals surface area contributed by atoms with Gasteiger partial charge in [0.1, 0.15) is 5.82 Å². The minimum Gasteiger partial charge on any atom is -0.348 e. The summed E-state index contributed by atoms with van der Waals surface area (Å²) >= 11 is 6.53. The van der Waals surface area contributed by atoms with Crippen molar-refractivity contribution in [3.05, 3.63) is 40.2 Å². The largest absolute Gasteiger partial charge is 0.348 e. The molecule has 2 aliphatic rings. The summed E-state index contributed by atoms with van der Waals surface area (Å²) in [5, 5.41) is 17.2. The molecule has 2 aliphatic heterocycles. The number of nitrogens with zero attached hydrogens (tertiary/aromatic N) is 8. The fourth-order valence-corrected chi connectivity index (χ4v) is 3.98. The Morgan fingerprint density at radius 1 is 1.16 bits per heavy atom. The molecule has 32 heavy (non-hydrogen) atoms. The molecule has 1 aromatic carbocycles. The number of halogens is 3. The zero-order valence-corrected chi connectivity index (χ0v) is 19.0. The third kappa shape index (κ3) is 3.70. The van der Waals surface area contributed by atoms with Gasteiger partial charge in [0.15, 0.2) is 17.0 Å². The standard InChI is InChI=1S/C21H23ClF2N8/c1-19(2,3)18-25-16(31-8-7-21(23,24)11-31)15-17(26-18)32(30-27-15)10-12-5-6-13(9-14(12)22)20(4)28-29-20/h5-6,9H,7-8,10-11H2,1-4H3. The Labute approximate surface area is 188 Å². The summed E-state index contributed by atoms with van der Waals surface area (Å²) < 4.78 is 29.5. The predicted molar refractivity (Wildman–Crippen MR) is 116 cm³/mol. The summed E-state index contributed by atoms with van der Waals surface area (Å²) in [7, 11) is 0. The van der Waals surface area contributed by atoms with Gasteiger partial charge in [0.05, 0.1) is 13.1 Å². The Hall–Kier alpha value is -2.75. The first-order valence-electron chi connectivity index (χ1n) is 10.4. The maximum absolute atomic E-state index is 13.9. The van der Waals surface area contributed by atoms with E-state index in [1.54, 1.807) is 9.58 Å². The number of rotatable bonds is 4. The van der Waals surface area contributed by atoms with Crippen molar-refractivity contribution in [2.75, 3.05) is 18.0 Å². The van der Waals surface area contributed by atoms with Crippen LogP contribution in [0.4, 0.5) is 14.6 Å². The molecule has 0 unspecified atom stereocenters. The van der Waals surface area contributed by atoms with Gasteiger partial charge in [-0.25, -0.2) is 23.4 Å². The van der Waals surface area contributed by atoms with Crippen molar-refractivity contribution in [2.45, 2.75) is 57.7 Å². The maximum atomic E-state index is 13.9.